The Morgan fingerprint density at radius 2 is 1.07 bits per heavy atom. The molecule has 0 fully saturated rings. The molecule has 0 aromatic heterocycles. The molecular weight excluding hydrogens is 360 g/mol. The molecule has 3 nitrogen and oxygen atoms in total. The van der Waals surface area contributed by atoms with Crippen molar-refractivity contribution in [2.24, 2.45) is 5.92 Å². The molecule has 0 saturated heterocycles. The topological polar surface area (TPSA) is 57.5 Å². The lowest BCUT2D eigenvalue weighted by atomic mass is 10.00. The number of aliphatic hydroxyl groups is 1. The number of hydrogen-bond acceptors (Lipinski definition) is 2. The van der Waals surface area contributed by atoms with Gasteiger partial charge in [-0.1, -0.05) is 130 Å². The zero-order valence-electron chi connectivity index (χ0n) is 20.2. The summed E-state index contributed by atoms with van der Waals surface area (Å²) in [6, 6.07) is 0. The van der Waals surface area contributed by atoms with E-state index in [0.717, 1.165) is 25.2 Å². The highest BCUT2D eigenvalue weighted by Gasteiger charge is 1.98. The van der Waals surface area contributed by atoms with E-state index in [1.807, 2.05) is 0 Å². The van der Waals surface area contributed by atoms with Gasteiger partial charge in [-0.15, -0.1) is 0 Å². The zero-order chi connectivity index (χ0) is 22.0. The monoisotopic (exact) mass is 414 g/mol. The number of rotatable bonds is 21. The molecule has 0 aliphatic rings. The van der Waals surface area contributed by atoms with Crippen molar-refractivity contribution in [2.75, 3.05) is 6.61 Å². The number of carboxylic acids is 1. The van der Waals surface area contributed by atoms with Crippen LogP contribution in [0.2, 0.25) is 0 Å². The summed E-state index contributed by atoms with van der Waals surface area (Å²) in [5.41, 5.74) is 0. The molecule has 0 saturated carbocycles. The van der Waals surface area contributed by atoms with E-state index in [2.05, 4.69) is 20.8 Å². The maximum Gasteiger partial charge on any atom is 0.303 e. The standard InChI is InChI=1S/C14H30O.C12H24O2/c1-3-14(2)12-10-8-6-4-5-7-9-11-13-15;1-2-3-4-5-6-7-8-9-10-11-12(13)14/h14-15H,3-13H2,1-2H3;2-11H2,1H3,(H,13,14). The molecule has 0 radical (unpaired) electrons. The van der Waals surface area contributed by atoms with Crippen LogP contribution in [0.1, 0.15) is 149 Å². The fraction of sp³-hybridized carbons (Fsp3) is 0.962. The van der Waals surface area contributed by atoms with E-state index in [1.54, 1.807) is 0 Å². The fourth-order valence-electron chi connectivity index (χ4n) is 3.46. The van der Waals surface area contributed by atoms with Gasteiger partial charge in [-0.2, -0.15) is 0 Å². The van der Waals surface area contributed by atoms with E-state index in [0.29, 0.717) is 13.0 Å². The van der Waals surface area contributed by atoms with Gasteiger partial charge in [0, 0.05) is 13.0 Å². The second-order valence-corrected chi connectivity index (χ2v) is 8.83. The van der Waals surface area contributed by atoms with Gasteiger partial charge in [-0.25, -0.2) is 0 Å². The Morgan fingerprint density at radius 3 is 1.48 bits per heavy atom. The second-order valence-electron chi connectivity index (χ2n) is 8.83. The Hall–Kier alpha value is -0.570. The van der Waals surface area contributed by atoms with Gasteiger partial charge >= 0.3 is 5.97 Å². The van der Waals surface area contributed by atoms with Crippen molar-refractivity contribution in [1.82, 2.24) is 0 Å². The Balaban J connectivity index is 0. The summed E-state index contributed by atoms with van der Waals surface area (Å²) in [4.78, 5) is 10.2. The molecule has 0 spiro atoms. The first-order chi connectivity index (χ1) is 14.1. The van der Waals surface area contributed by atoms with Crippen molar-refractivity contribution in [2.45, 2.75) is 149 Å². The molecule has 0 aliphatic carbocycles. The molecule has 29 heavy (non-hydrogen) atoms. The summed E-state index contributed by atoms with van der Waals surface area (Å²) in [6.45, 7) is 7.24. The average Bonchev–Trinajstić information content (AvgIpc) is 2.71. The van der Waals surface area contributed by atoms with Crippen LogP contribution in [-0.2, 0) is 4.79 Å². The van der Waals surface area contributed by atoms with Crippen LogP contribution in [0.3, 0.4) is 0 Å². The van der Waals surface area contributed by atoms with Crippen LogP contribution < -0.4 is 0 Å². The summed E-state index contributed by atoms with van der Waals surface area (Å²) < 4.78 is 0. The second kappa shape index (κ2) is 27.4. The van der Waals surface area contributed by atoms with Crippen LogP contribution in [0.5, 0.6) is 0 Å². The Kier molecular flexibility index (Phi) is 29.0. The van der Waals surface area contributed by atoms with Gasteiger partial charge in [0.15, 0.2) is 0 Å². The first-order valence-electron chi connectivity index (χ1n) is 12.9. The lowest BCUT2D eigenvalue weighted by molar-refractivity contribution is -0.137. The van der Waals surface area contributed by atoms with Crippen molar-refractivity contribution in [3.05, 3.63) is 0 Å². The van der Waals surface area contributed by atoms with E-state index in [4.69, 9.17) is 10.2 Å². The van der Waals surface area contributed by atoms with Gasteiger partial charge in [0.2, 0.25) is 0 Å². The van der Waals surface area contributed by atoms with Crippen molar-refractivity contribution in [3.63, 3.8) is 0 Å². The molecule has 0 bridgehead atoms. The zero-order valence-corrected chi connectivity index (χ0v) is 20.2. The molecule has 0 heterocycles. The molecule has 1 unspecified atom stereocenters. The highest BCUT2D eigenvalue weighted by Crippen LogP contribution is 2.14. The number of carbonyl (C=O) groups is 1. The van der Waals surface area contributed by atoms with Crippen molar-refractivity contribution < 1.29 is 15.0 Å². The van der Waals surface area contributed by atoms with E-state index in [-0.39, 0.29) is 0 Å². The molecule has 1 atom stereocenters. The van der Waals surface area contributed by atoms with E-state index in [1.165, 1.54) is 103 Å². The summed E-state index contributed by atoms with van der Waals surface area (Å²) in [5.74, 6) is 0.266. The predicted octanol–water partition coefficient (Wildman–Crippen LogP) is 8.53. The van der Waals surface area contributed by atoms with Crippen molar-refractivity contribution >= 4 is 5.97 Å². The third-order valence-corrected chi connectivity index (χ3v) is 5.80. The minimum atomic E-state index is -0.659. The fourth-order valence-corrected chi connectivity index (χ4v) is 3.46. The smallest absolute Gasteiger partial charge is 0.303 e. The Bertz CT molecular complexity index is 304. The molecule has 0 aliphatic heterocycles. The number of hydrogen-bond donors (Lipinski definition) is 2. The number of aliphatic hydroxyl groups excluding tert-OH is 1. The van der Waals surface area contributed by atoms with Crippen LogP contribution in [0, 0.1) is 5.92 Å². The molecule has 0 rings (SSSR count). The number of aliphatic carboxylic acids is 1. The quantitative estimate of drug-likeness (QED) is 0.185. The summed E-state index contributed by atoms with van der Waals surface area (Å²) in [6.07, 6.45) is 24.8. The highest BCUT2D eigenvalue weighted by molar-refractivity contribution is 5.66. The van der Waals surface area contributed by atoms with Crippen LogP contribution in [0.4, 0.5) is 0 Å². The SMILES string of the molecule is CCC(C)CCCCCCCCCCO.CCCCCCCCCCCC(=O)O. The van der Waals surface area contributed by atoms with Gasteiger partial charge in [-0.3, -0.25) is 4.79 Å². The largest absolute Gasteiger partial charge is 0.481 e. The van der Waals surface area contributed by atoms with Gasteiger partial charge in [0.25, 0.3) is 0 Å². The molecule has 0 aromatic rings. The lowest BCUT2D eigenvalue weighted by Gasteiger charge is -2.07. The Morgan fingerprint density at radius 1 is 0.655 bits per heavy atom. The van der Waals surface area contributed by atoms with Crippen molar-refractivity contribution in [3.8, 4) is 0 Å². The van der Waals surface area contributed by atoms with Crippen molar-refractivity contribution in [1.29, 1.82) is 0 Å². The number of unbranched alkanes of at least 4 members (excludes halogenated alkanes) is 15. The first-order valence-corrected chi connectivity index (χ1v) is 12.9. The average molecular weight is 415 g/mol. The van der Waals surface area contributed by atoms with Crippen LogP contribution in [-0.4, -0.2) is 22.8 Å². The molecular formula is C26H54O3. The highest BCUT2D eigenvalue weighted by atomic mass is 16.4. The van der Waals surface area contributed by atoms with E-state index in [9.17, 15) is 4.79 Å². The molecule has 2 N–H and O–H groups in total. The van der Waals surface area contributed by atoms with E-state index < -0.39 is 5.97 Å². The first kappa shape index (κ1) is 30.6. The third kappa shape index (κ3) is 32.3. The summed E-state index contributed by atoms with van der Waals surface area (Å²) in [7, 11) is 0. The van der Waals surface area contributed by atoms with Gasteiger partial charge in [0.05, 0.1) is 0 Å². The maximum absolute atomic E-state index is 10.2. The van der Waals surface area contributed by atoms with E-state index >= 15 is 0 Å². The minimum Gasteiger partial charge on any atom is -0.481 e. The molecule has 0 aromatic carbocycles. The predicted molar refractivity (Wildman–Crippen MR) is 128 cm³/mol. The summed E-state index contributed by atoms with van der Waals surface area (Å²) in [5, 5.41) is 17.0. The van der Waals surface area contributed by atoms with Crippen LogP contribution >= 0.6 is 0 Å². The van der Waals surface area contributed by atoms with Gasteiger partial charge in [-0.05, 0) is 18.8 Å². The maximum atomic E-state index is 10.2. The van der Waals surface area contributed by atoms with Crippen LogP contribution in [0.25, 0.3) is 0 Å². The van der Waals surface area contributed by atoms with Crippen LogP contribution in [0.15, 0.2) is 0 Å². The Labute approximate surface area is 183 Å². The lowest BCUT2D eigenvalue weighted by Crippen LogP contribution is -1.93. The number of carboxylic acid groups (broad SMARTS) is 1. The molecule has 176 valence electrons. The normalized spacial score (nSPS) is 11.7. The third-order valence-electron chi connectivity index (χ3n) is 5.80. The van der Waals surface area contributed by atoms with Gasteiger partial charge in [0.1, 0.15) is 0 Å². The van der Waals surface area contributed by atoms with Gasteiger partial charge < -0.3 is 10.2 Å². The molecule has 0 amide bonds. The minimum absolute atomic E-state index is 0.343. The molecule has 3 heteroatoms. The summed E-state index contributed by atoms with van der Waals surface area (Å²) >= 11 is 0.